The minimum atomic E-state index is -0.630. The Morgan fingerprint density at radius 3 is 2.34 bits per heavy atom. The van der Waals surface area contributed by atoms with Gasteiger partial charge in [-0.3, -0.25) is 4.79 Å². The van der Waals surface area contributed by atoms with Gasteiger partial charge >= 0.3 is 11.9 Å². The number of carbonyl (C=O) groups is 3. The molecule has 2 heterocycles. The third-order valence-electron chi connectivity index (χ3n) is 4.81. The largest absolute Gasteiger partial charge is 0.462 e. The topological polar surface area (TPSA) is 112 Å². The molecule has 9 nitrogen and oxygen atoms in total. The van der Waals surface area contributed by atoms with Gasteiger partial charge in [-0.1, -0.05) is 11.8 Å². The number of hydrogen-bond acceptors (Lipinski definition) is 9. The maximum atomic E-state index is 13.3. The summed E-state index contributed by atoms with van der Waals surface area (Å²) in [5, 5.41) is 11.8. The number of nitrogens with one attached hydrogen (secondary N) is 1. The van der Waals surface area contributed by atoms with Crippen LogP contribution >= 0.6 is 23.1 Å². The van der Waals surface area contributed by atoms with Crippen molar-refractivity contribution in [3.05, 3.63) is 46.1 Å². The Kier molecular flexibility index (Phi) is 8.99. The van der Waals surface area contributed by atoms with Crippen molar-refractivity contribution in [2.45, 2.75) is 39.4 Å². The molecule has 0 fully saturated rings. The number of amides is 1. The lowest BCUT2D eigenvalue weighted by Gasteiger charge is -2.08. The highest BCUT2D eigenvalue weighted by molar-refractivity contribution is 7.99. The van der Waals surface area contributed by atoms with E-state index in [1.54, 1.807) is 32.9 Å². The van der Waals surface area contributed by atoms with Gasteiger partial charge in [-0.15, -0.1) is 21.5 Å². The molecule has 0 spiro atoms. The third kappa shape index (κ3) is 6.06. The van der Waals surface area contributed by atoms with Gasteiger partial charge in [0.1, 0.15) is 15.7 Å². The smallest absolute Gasteiger partial charge is 0.348 e. The van der Waals surface area contributed by atoms with Crippen molar-refractivity contribution < 1.29 is 28.2 Å². The van der Waals surface area contributed by atoms with Gasteiger partial charge in [0.2, 0.25) is 5.91 Å². The van der Waals surface area contributed by atoms with Gasteiger partial charge in [0, 0.05) is 12.1 Å². The molecule has 0 atom stereocenters. The second kappa shape index (κ2) is 11.9. The predicted octanol–water partition coefficient (Wildman–Crippen LogP) is 4.56. The van der Waals surface area contributed by atoms with Crippen LogP contribution in [0.4, 0.5) is 9.39 Å². The molecule has 0 saturated heterocycles. The van der Waals surface area contributed by atoms with E-state index in [0.29, 0.717) is 28.7 Å². The summed E-state index contributed by atoms with van der Waals surface area (Å²) in [6.45, 7) is 7.76. The lowest BCUT2D eigenvalue weighted by molar-refractivity contribution is -0.113. The number of rotatable bonds is 10. The summed E-state index contributed by atoms with van der Waals surface area (Å²) in [6.07, 6.45) is 0. The second-order valence-electron chi connectivity index (χ2n) is 7.10. The molecule has 0 radical (unpaired) electrons. The number of aromatic nitrogens is 3. The van der Waals surface area contributed by atoms with E-state index in [0.717, 1.165) is 11.3 Å². The fourth-order valence-corrected chi connectivity index (χ4v) is 5.14. The second-order valence-corrected chi connectivity index (χ2v) is 9.06. The lowest BCUT2D eigenvalue weighted by Crippen LogP contribution is -2.17. The standard InChI is InChI=1S/C23H25FN4O5S2/c1-5-28-19(14-8-10-15(24)11-9-14)26-27-23(28)34-12-16(29)25-20-17(21(30)32-6-2)13(4)18(35-20)22(31)33-7-3/h8-11H,5-7,12H2,1-4H3,(H,25,29). The zero-order valence-electron chi connectivity index (χ0n) is 19.7. The fourth-order valence-electron chi connectivity index (χ4n) is 3.23. The number of nitrogens with zero attached hydrogens (tertiary/aromatic N) is 3. The Morgan fingerprint density at radius 1 is 1.06 bits per heavy atom. The molecule has 186 valence electrons. The maximum absolute atomic E-state index is 13.3. The first-order valence-electron chi connectivity index (χ1n) is 10.9. The number of ether oxygens (including phenoxy) is 2. The SMILES string of the molecule is CCOC(=O)c1sc(NC(=O)CSc2nnc(-c3ccc(F)cc3)n2CC)c(C(=O)OCC)c1C. The van der Waals surface area contributed by atoms with Gasteiger partial charge in [0.25, 0.3) is 0 Å². The molecular weight excluding hydrogens is 495 g/mol. The Bertz CT molecular complexity index is 1220. The highest BCUT2D eigenvalue weighted by Crippen LogP contribution is 2.34. The first-order valence-corrected chi connectivity index (χ1v) is 12.7. The number of benzene rings is 1. The minimum Gasteiger partial charge on any atom is -0.462 e. The molecule has 0 aliphatic carbocycles. The Labute approximate surface area is 210 Å². The van der Waals surface area contributed by atoms with Crippen molar-refractivity contribution >= 4 is 45.9 Å². The number of halogens is 1. The predicted molar refractivity (Wildman–Crippen MR) is 131 cm³/mol. The molecule has 3 rings (SSSR count). The number of hydrogen-bond donors (Lipinski definition) is 1. The van der Waals surface area contributed by atoms with Gasteiger partial charge in [-0.2, -0.15) is 0 Å². The van der Waals surface area contributed by atoms with Crippen molar-refractivity contribution in [2.24, 2.45) is 0 Å². The van der Waals surface area contributed by atoms with Crippen LogP contribution in [0.5, 0.6) is 0 Å². The summed E-state index contributed by atoms with van der Waals surface area (Å²) in [6, 6.07) is 5.92. The van der Waals surface area contributed by atoms with Crippen LogP contribution in [-0.2, 0) is 20.8 Å². The van der Waals surface area contributed by atoms with Crippen LogP contribution in [0.15, 0.2) is 29.4 Å². The van der Waals surface area contributed by atoms with E-state index in [2.05, 4.69) is 15.5 Å². The van der Waals surface area contributed by atoms with Crippen LogP contribution in [-0.4, -0.2) is 51.6 Å². The van der Waals surface area contributed by atoms with Crippen LogP contribution in [0.3, 0.4) is 0 Å². The van der Waals surface area contributed by atoms with Crippen LogP contribution in [0.2, 0.25) is 0 Å². The van der Waals surface area contributed by atoms with Gasteiger partial charge < -0.3 is 19.4 Å². The Hall–Kier alpha value is -3.25. The van der Waals surface area contributed by atoms with Gasteiger partial charge in [-0.25, -0.2) is 14.0 Å². The van der Waals surface area contributed by atoms with E-state index in [9.17, 15) is 18.8 Å². The highest BCUT2D eigenvalue weighted by Gasteiger charge is 2.27. The average Bonchev–Trinajstić information content (AvgIpc) is 3.39. The summed E-state index contributed by atoms with van der Waals surface area (Å²) in [4.78, 5) is 37.8. The van der Waals surface area contributed by atoms with Crippen molar-refractivity contribution in [1.82, 2.24) is 14.8 Å². The van der Waals surface area contributed by atoms with Gasteiger partial charge in [0.05, 0.1) is 24.5 Å². The summed E-state index contributed by atoms with van der Waals surface area (Å²) in [5.41, 5.74) is 1.23. The molecule has 0 unspecified atom stereocenters. The van der Waals surface area contributed by atoms with Crippen LogP contribution in [0, 0.1) is 12.7 Å². The van der Waals surface area contributed by atoms with E-state index < -0.39 is 17.8 Å². The first-order chi connectivity index (χ1) is 16.8. The normalized spacial score (nSPS) is 10.8. The van der Waals surface area contributed by atoms with Crippen LogP contribution in [0.25, 0.3) is 11.4 Å². The number of thioether (sulfide) groups is 1. The van der Waals surface area contributed by atoms with Crippen molar-refractivity contribution in [3.8, 4) is 11.4 Å². The summed E-state index contributed by atoms with van der Waals surface area (Å²) < 4.78 is 25.3. The summed E-state index contributed by atoms with van der Waals surface area (Å²) in [7, 11) is 0. The van der Waals surface area contributed by atoms with E-state index in [1.807, 2.05) is 11.5 Å². The van der Waals surface area contributed by atoms with Crippen molar-refractivity contribution in [2.75, 3.05) is 24.3 Å². The molecule has 3 aromatic rings. The summed E-state index contributed by atoms with van der Waals surface area (Å²) in [5.74, 6) is -1.40. The first kappa shape index (κ1) is 26.4. The molecule has 1 amide bonds. The molecule has 0 saturated carbocycles. The third-order valence-corrected chi connectivity index (χ3v) is 6.96. The Morgan fingerprint density at radius 2 is 1.71 bits per heavy atom. The van der Waals surface area contributed by atoms with Crippen molar-refractivity contribution in [3.63, 3.8) is 0 Å². The lowest BCUT2D eigenvalue weighted by atomic mass is 10.1. The van der Waals surface area contributed by atoms with E-state index >= 15 is 0 Å². The minimum absolute atomic E-state index is 0.0183. The molecule has 12 heteroatoms. The zero-order valence-corrected chi connectivity index (χ0v) is 21.3. The van der Waals surface area contributed by atoms with E-state index in [1.165, 1.54) is 23.9 Å². The number of thiophene rings is 1. The molecule has 0 aliphatic heterocycles. The average molecular weight is 521 g/mol. The molecule has 2 aromatic heterocycles. The quantitative estimate of drug-likeness (QED) is 0.306. The molecular formula is C23H25FN4O5S2. The van der Waals surface area contributed by atoms with E-state index in [-0.39, 0.29) is 40.2 Å². The van der Waals surface area contributed by atoms with Gasteiger partial charge in [-0.05, 0) is 57.5 Å². The molecule has 0 bridgehead atoms. The number of anilines is 1. The van der Waals surface area contributed by atoms with Crippen molar-refractivity contribution in [1.29, 1.82) is 0 Å². The highest BCUT2D eigenvalue weighted by atomic mass is 32.2. The monoisotopic (exact) mass is 520 g/mol. The molecule has 1 aromatic carbocycles. The zero-order chi connectivity index (χ0) is 25.5. The van der Waals surface area contributed by atoms with Crippen LogP contribution < -0.4 is 5.32 Å². The molecule has 35 heavy (non-hydrogen) atoms. The fraction of sp³-hybridized carbons (Fsp3) is 0.348. The number of esters is 2. The molecule has 0 aliphatic rings. The van der Waals surface area contributed by atoms with E-state index in [4.69, 9.17) is 9.47 Å². The maximum Gasteiger partial charge on any atom is 0.348 e. The van der Waals surface area contributed by atoms with Gasteiger partial charge in [0.15, 0.2) is 11.0 Å². The Balaban J connectivity index is 1.77. The van der Waals surface area contributed by atoms with Crippen LogP contribution in [0.1, 0.15) is 46.4 Å². The molecule has 1 N–H and O–H groups in total. The number of carbonyl (C=O) groups excluding carboxylic acids is 3. The summed E-state index contributed by atoms with van der Waals surface area (Å²) >= 11 is 2.14.